The van der Waals surface area contributed by atoms with E-state index in [1.807, 2.05) is 12.1 Å². The summed E-state index contributed by atoms with van der Waals surface area (Å²) in [5, 5.41) is 4.71. The number of hydrogen-bond acceptors (Lipinski definition) is 2. The zero-order valence-electron chi connectivity index (χ0n) is 12.5. The van der Waals surface area contributed by atoms with Gasteiger partial charge in [0.2, 0.25) is 0 Å². The van der Waals surface area contributed by atoms with Crippen LogP contribution in [0.3, 0.4) is 0 Å². The maximum absolute atomic E-state index is 5.29. The third kappa shape index (κ3) is 2.93. The van der Waals surface area contributed by atoms with Crippen molar-refractivity contribution in [3.8, 4) is 5.75 Å². The minimum absolute atomic E-state index is 0.850. The Labute approximate surface area is 125 Å². The van der Waals surface area contributed by atoms with Gasteiger partial charge in [-0.05, 0) is 29.8 Å². The molecule has 0 aliphatic rings. The summed E-state index contributed by atoms with van der Waals surface area (Å²) in [7, 11) is 3.81. The predicted molar refractivity (Wildman–Crippen MR) is 86.5 cm³/mol. The second-order valence-electron chi connectivity index (χ2n) is 5.21. The van der Waals surface area contributed by atoms with Crippen molar-refractivity contribution in [2.75, 3.05) is 7.11 Å². The lowest BCUT2D eigenvalue weighted by Crippen LogP contribution is -2.14. The largest absolute Gasteiger partial charge is 0.497 e. The van der Waals surface area contributed by atoms with Crippen molar-refractivity contribution in [2.45, 2.75) is 13.1 Å². The van der Waals surface area contributed by atoms with E-state index in [4.69, 9.17) is 4.74 Å². The van der Waals surface area contributed by atoms with Crippen LogP contribution in [0.25, 0.3) is 10.9 Å². The highest BCUT2D eigenvalue weighted by molar-refractivity contribution is 5.82. The molecule has 0 aliphatic carbocycles. The molecule has 3 aromatic rings. The van der Waals surface area contributed by atoms with Gasteiger partial charge in [0.15, 0.2) is 0 Å². The van der Waals surface area contributed by atoms with Gasteiger partial charge >= 0.3 is 0 Å². The van der Waals surface area contributed by atoms with E-state index in [2.05, 4.69) is 59.4 Å². The summed E-state index contributed by atoms with van der Waals surface area (Å²) in [6.07, 6.45) is 0. The highest BCUT2D eigenvalue weighted by atomic mass is 16.5. The van der Waals surface area contributed by atoms with E-state index in [1.165, 1.54) is 22.2 Å². The maximum atomic E-state index is 5.29. The Balaban J connectivity index is 1.73. The summed E-state index contributed by atoms with van der Waals surface area (Å²) >= 11 is 0. The number of nitrogens with zero attached hydrogens (tertiary/aromatic N) is 1. The summed E-state index contributed by atoms with van der Waals surface area (Å²) in [6.45, 7) is 1.73. The van der Waals surface area contributed by atoms with Gasteiger partial charge in [0.05, 0.1) is 7.11 Å². The Bertz CT molecular complexity index is 732. The van der Waals surface area contributed by atoms with Gasteiger partial charge in [0.1, 0.15) is 5.75 Å². The molecular weight excluding hydrogens is 260 g/mol. The van der Waals surface area contributed by atoms with Gasteiger partial charge in [-0.25, -0.2) is 0 Å². The van der Waals surface area contributed by atoms with Crippen molar-refractivity contribution in [1.82, 2.24) is 9.88 Å². The van der Waals surface area contributed by atoms with Crippen molar-refractivity contribution < 1.29 is 4.74 Å². The van der Waals surface area contributed by atoms with E-state index in [0.717, 1.165) is 18.8 Å². The first-order valence-electron chi connectivity index (χ1n) is 7.15. The van der Waals surface area contributed by atoms with Gasteiger partial charge < -0.3 is 14.6 Å². The molecule has 0 radical (unpaired) electrons. The average molecular weight is 280 g/mol. The molecule has 0 amide bonds. The van der Waals surface area contributed by atoms with E-state index >= 15 is 0 Å². The lowest BCUT2D eigenvalue weighted by molar-refractivity contribution is 0.415. The molecule has 3 nitrogen and oxygen atoms in total. The minimum atomic E-state index is 0.850. The topological polar surface area (TPSA) is 26.2 Å². The van der Waals surface area contributed by atoms with Crippen LogP contribution in [0.5, 0.6) is 5.75 Å². The number of aromatic nitrogens is 1. The second-order valence-corrected chi connectivity index (χ2v) is 5.21. The van der Waals surface area contributed by atoms with E-state index in [1.54, 1.807) is 7.11 Å². The van der Waals surface area contributed by atoms with Crippen LogP contribution in [-0.2, 0) is 20.1 Å². The van der Waals surface area contributed by atoms with E-state index in [9.17, 15) is 0 Å². The molecule has 0 saturated heterocycles. The zero-order chi connectivity index (χ0) is 14.7. The average Bonchev–Trinajstić information content (AvgIpc) is 2.84. The first kappa shape index (κ1) is 13.7. The molecule has 1 aromatic heterocycles. The Hall–Kier alpha value is -2.26. The van der Waals surface area contributed by atoms with Crippen LogP contribution in [0.15, 0.2) is 54.6 Å². The molecule has 0 atom stereocenters. The SMILES string of the molecule is COc1ccc2c(c1)cc(CNCc1ccccc1)n2C. The van der Waals surface area contributed by atoms with Crippen LogP contribution >= 0.6 is 0 Å². The Kier molecular flexibility index (Phi) is 3.93. The van der Waals surface area contributed by atoms with Crippen LogP contribution in [0.2, 0.25) is 0 Å². The van der Waals surface area contributed by atoms with Crippen molar-refractivity contribution in [3.05, 3.63) is 65.9 Å². The molecule has 0 unspecified atom stereocenters. The smallest absolute Gasteiger partial charge is 0.119 e. The summed E-state index contributed by atoms with van der Waals surface area (Å²) in [6, 6.07) is 18.9. The summed E-state index contributed by atoms with van der Waals surface area (Å²) in [5.41, 5.74) is 3.81. The molecule has 0 saturated carbocycles. The first-order valence-corrected chi connectivity index (χ1v) is 7.15. The number of fused-ring (bicyclic) bond motifs is 1. The van der Waals surface area contributed by atoms with E-state index < -0.39 is 0 Å². The van der Waals surface area contributed by atoms with Crippen molar-refractivity contribution in [2.24, 2.45) is 7.05 Å². The standard InChI is InChI=1S/C18H20N2O/c1-20-16(13-19-12-14-6-4-3-5-7-14)10-15-11-17(21-2)8-9-18(15)20/h3-11,19H,12-13H2,1-2H3. The Morgan fingerprint density at radius 3 is 2.57 bits per heavy atom. The van der Waals surface area contributed by atoms with Crippen molar-refractivity contribution in [1.29, 1.82) is 0 Å². The van der Waals surface area contributed by atoms with Gasteiger partial charge in [0.25, 0.3) is 0 Å². The zero-order valence-corrected chi connectivity index (χ0v) is 12.5. The highest BCUT2D eigenvalue weighted by Crippen LogP contribution is 2.23. The number of ether oxygens (including phenoxy) is 1. The lowest BCUT2D eigenvalue weighted by atomic mass is 10.2. The quantitative estimate of drug-likeness (QED) is 0.774. The normalized spacial score (nSPS) is 11.0. The number of hydrogen-bond donors (Lipinski definition) is 1. The molecule has 0 spiro atoms. The maximum Gasteiger partial charge on any atom is 0.119 e. The molecule has 108 valence electrons. The van der Waals surface area contributed by atoms with Crippen LogP contribution in [-0.4, -0.2) is 11.7 Å². The van der Waals surface area contributed by atoms with Gasteiger partial charge in [-0.1, -0.05) is 30.3 Å². The Morgan fingerprint density at radius 2 is 1.81 bits per heavy atom. The number of nitrogens with one attached hydrogen (secondary N) is 1. The van der Waals surface area contributed by atoms with Crippen molar-refractivity contribution in [3.63, 3.8) is 0 Å². The monoisotopic (exact) mass is 280 g/mol. The summed E-state index contributed by atoms with van der Waals surface area (Å²) in [5.74, 6) is 0.900. The third-order valence-corrected chi connectivity index (χ3v) is 3.83. The molecule has 0 fully saturated rings. The number of rotatable bonds is 5. The first-order chi connectivity index (χ1) is 10.3. The van der Waals surface area contributed by atoms with E-state index in [0.29, 0.717) is 0 Å². The fourth-order valence-corrected chi connectivity index (χ4v) is 2.61. The molecular formula is C18H20N2O. The second kappa shape index (κ2) is 6.02. The molecule has 21 heavy (non-hydrogen) atoms. The fraction of sp³-hybridized carbons (Fsp3) is 0.222. The number of methoxy groups -OCH3 is 1. The van der Waals surface area contributed by atoms with Crippen LogP contribution in [0.1, 0.15) is 11.3 Å². The molecule has 3 heteroatoms. The summed E-state index contributed by atoms with van der Waals surface area (Å²) in [4.78, 5) is 0. The van der Waals surface area contributed by atoms with Crippen molar-refractivity contribution >= 4 is 10.9 Å². The van der Waals surface area contributed by atoms with Gasteiger partial charge in [-0.15, -0.1) is 0 Å². The number of benzene rings is 2. The third-order valence-electron chi connectivity index (χ3n) is 3.83. The number of aryl methyl sites for hydroxylation is 1. The molecule has 1 N–H and O–H groups in total. The highest BCUT2D eigenvalue weighted by Gasteiger charge is 2.06. The van der Waals surface area contributed by atoms with Gasteiger partial charge in [-0.3, -0.25) is 0 Å². The van der Waals surface area contributed by atoms with Crippen LogP contribution in [0.4, 0.5) is 0 Å². The molecule has 0 aliphatic heterocycles. The van der Waals surface area contributed by atoms with Gasteiger partial charge in [-0.2, -0.15) is 0 Å². The van der Waals surface area contributed by atoms with E-state index in [-0.39, 0.29) is 0 Å². The molecule has 1 heterocycles. The predicted octanol–water partition coefficient (Wildman–Crippen LogP) is 3.48. The fourth-order valence-electron chi connectivity index (χ4n) is 2.61. The van der Waals surface area contributed by atoms with Crippen LogP contribution in [0, 0.1) is 0 Å². The molecule has 0 bridgehead atoms. The Morgan fingerprint density at radius 1 is 1.00 bits per heavy atom. The van der Waals surface area contributed by atoms with Crippen LogP contribution < -0.4 is 10.1 Å². The molecule has 3 rings (SSSR count). The molecule has 2 aromatic carbocycles. The minimum Gasteiger partial charge on any atom is -0.497 e. The van der Waals surface area contributed by atoms with Gasteiger partial charge in [0, 0.05) is 36.7 Å². The summed E-state index contributed by atoms with van der Waals surface area (Å²) < 4.78 is 7.51. The lowest BCUT2D eigenvalue weighted by Gasteiger charge is -2.07.